The predicted molar refractivity (Wildman–Crippen MR) is 67.6 cm³/mol. The van der Waals surface area contributed by atoms with Crippen LogP contribution in [0.4, 0.5) is 0 Å². The molecule has 0 unspecified atom stereocenters. The van der Waals surface area contributed by atoms with Crippen molar-refractivity contribution in [2.75, 3.05) is 13.7 Å². The molecule has 2 N–H and O–H groups in total. The van der Waals surface area contributed by atoms with Gasteiger partial charge in [-0.2, -0.15) is 0 Å². The average molecular weight is 289 g/mol. The third-order valence-corrected chi connectivity index (χ3v) is 3.97. The normalized spacial score (nSPS) is 49.5. The summed E-state index contributed by atoms with van der Waals surface area (Å²) in [6.07, 6.45) is -2.25. The van der Waals surface area contributed by atoms with Gasteiger partial charge in [0.05, 0.1) is 6.61 Å². The fourth-order valence-electron chi connectivity index (χ4n) is 3.06. The first kappa shape index (κ1) is 14.6. The summed E-state index contributed by atoms with van der Waals surface area (Å²) in [5.74, 6) is -1.46. The molecule has 3 aliphatic rings. The zero-order chi connectivity index (χ0) is 14.8. The van der Waals surface area contributed by atoms with E-state index in [4.69, 9.17) is 23.7 Å². The highest BCUT2D eigenvalue weighted by Crippen LogP contribution is 2.44. The van der Waals surface area contributed by atoms with Crippen LogP contribution in [-0.4, -0.2) is 60.7 Å². The van der Waals surface area contributed by atoms with E-state index < -0.39 is 35.8 Å². The van der Waals surface area contributed by atoms with Crippen LogP contribution in [0, 0.1) is 0 Å². The van der Waals surface area contributed by atoms with Gasteiger partial charge in [0.1, 0.15) is 12.2 Å². The van der Waals surface area contributed by atoms with Gasteiger partial charge in [-0.05, 0) is 34.7 Å². The zero-order valence-electron chi connectivity index (χ0n) is 12.5. The summed E-state index contributed by atoms with van der Waals surface area (Å²) in [7, 11) is 1.66. The SMILES string of the molecule is CN[C@@]1(O)[C@@H]([C@H]2COC(C)(C)O2)O[C@@H]2OC(C)(C)O[C@@H]21. The lowest BCUT2D eigenvalue weighted by Gasteiger charge is -2.35. The molecule has 3 aliphatic heterocycles. The molecule has 0 bridgehead atoms. The average Bonchev–Trinajstić information content (AvgIpc) is 2.91. The Morgan fingerprint density at radius 3 is 2.25 bits per heavy atom. The second-order valence-electron chi connectivity index (χ2n) is 6.42. The molecule has 0 saturated carbocycles. The van der Waals surface area contributed by atoms with E-state index in [1.54, 1.807) is 20.9 Å². The van der Waals surface area contributed by atoms with Crippen LogP contribution in [0.25, 0.3) is 0 Å². The van der Waals surface area contributed by atoms with E-state index in [2.05, 4.69) is 5.32 Å². The third kappa shape index (κ3) is 2.18. The van der Waals surface area contributed by atoms with E-state index in [1.807, 2.05) is 13.8 Å². The van der Waals surface area contributed by atoms with Crippen LogP contribution >= 0.6 is 0 Å². The monoisotopic (exact) mass is 289 g/mol. The molecule has 116 valence electrons. The maximum absolute atomic E-state index is 10.9. The van der Waals surface area contributed by atoms with E-state index >= 15 is 0 Å². The van der Waals surface area contributed by atoms with Crippen molar-refractivity contribution in [3.05, 3.63) is 0 Å². The van der Waals surface area contributed by atoms with Gasteiger partial charge in [0.25, 0.3) is 0 Å². The van der Waals surface area contributed by atoms with Crippen molar-refractivity contribution < 1.29 is 28.8 Å². The Bertz CT molecular complexity index is 400. The van der Waals surface area contributed by atoms with Crippen molar-refractivity contribution in [1.29, 1.82) is 0 Å². The Morgan fingerprint density at radius 2 is 1.70 bits per heavy atom. The molecule has 7 heteroatoms. The van der Waals surface area contributed by atoms with Crippen LogP contribution in [-0.2, 0) is 23.7 Å². The number of fused-ring (bicyclic) bond motifs is 1. The Kier molecular flexibility index (Phi) is 3.19. The van der Waals surface area contributed by atoms with Gasteiger partial charge in [-0.25, -0.2) is 0 Å². The molecule has 0 aromatic carbocycles. The highest BCUT2D eigenvalue weighted by atomic mass is 16.8. The maximum Gasteiger partial charge on any atom is 0.192 e. The van der Waals surface area contributed by atoms with Gasteiger partial charge in [0.15, 0.2) is 29.7 Å². The number of ether oxygens (including phenoxy) is 5. The van der Waals surface area contributed by atoms with E-state index in [9.17, 15) is 5.11 Å². The second kappa shape index (κ2) is 4.36. The summed E-state index contributed by atoms with van der Waals surface area (Å²) in [5, 5.41) is 13.8. The lowest BCUT2D eigenvalue weighted by Crippen LogP contribution is -2.62. The van der Waals surface area contributed by atoms with Gasteiger partial charge >= 0.3 is 0 Å². The fourth-order valence-corrected chi connectivity index (χ4v) is 3.06. The molecule has 0 amide bonds. The van der Waals surface area contributed by atoms with Gasteiger partial charge < -0.3 is 28.8 Å². The summed E-state index contributed by atoms with van der Waals surface area (Å²) in [4.78, 5) is 0. The Balaban J connectivity index is 1.81. The minimum atomic E-state index is -1.38. The molecular weight excluding hydrogens is 266 g/mol. The standard InChI is InChI=1S/C13H23NO6/c1-11(2)16-6-7(18-11)8-13(15,14-5)9-10(17-8)20-12(3,4)19-9/h7-10,14-15H,6H2,1-5H3/t7-,8-,9+,10-,13-/m1/s1. The van der Waals surface area contributed by atoms with Crippen molar-refractivity contribution in [1.82, 2.24) is 5.32 Å². The summed E-state index contributed by atoms with van der Waals surface area (Å²) in [6, 6.07) is 0. The Labute approximate surface area is 118 Å². The van der Waals surface area contributed by atoms with E-state index in [-0.39, 0.29) is 6.10 Å². The summed E-state index contributed by atoms with van der Waals surface area (Å²) in [5.41, 5.74) is -1.38. The van der Waals surface area contributed by atoms with Crippen molar-refractivity contribution in [3.8, 4) is 0 Å². The molecular formula is C13H23NO6. The first-order valence-corrected chi connectivity index (χ1v) is 6.91. The molecule has 5 atom stereocenters. The summed E-state index contributed by atoms with van der Waals surface area (Å²) in [6.45, 7) is 7.59. The first-order chi connectivity index (χ1) is 9.17. The van der Waals surface area contributed by atoms with Crippen LogP contribution < -0.4 is 5.32 Å². The van der Waals surface area contributed by atoms with Crippen LogP contribution in [0.1, 0.15) is 27.7 Å². The maximum atomic E-state index is 10.9. The molecule has 20 heavy (non-hydrogen) atoms. The number of rotatable bonds is 2. The van der Waals surface area contributed by atoms with Crippen LogP contribution in [0.15, 0.2) is 0 Å². The highest BCUT2D eigenvalue weighted by Gasteiger charge is 2.65. The molecule has 3 saturated heterocycles. The molecule has 0 aromatic rings. The molecule has 0 aliphatic carbocycles. The van der Waals surface area contributed by atoms with Crippen molar-refractivity contribution >= 4 is 0 Å². The van der Waals surface area contributed by atoms with E-state index in [0.29, 0.717) is 6.61 Å². The Hall–Kier alpha value is -0.280. The molecule has 3 fully saturated rings. The molecule has 0 spiro atoms. The van der Waals surface area contributed by atoms with Gasteiger partial charge in [0.2, 0.25) is 0 Å². The summed E-state index contributed by atoms with van der Waals surface area (Å²) < 4.78 is 28.6. The van der Waals surface area contributed by atoms with Crippen molar-refractivity contribution in [2.45, 2.75) is 69.6 Å². The van der Waals surface area contributed by atoms with Gasteiger partial charge in [-0.1, -0.05) is 0 Å². The lowest BCUT2D eigenvalue weighted by molar-refractivity contribution is -0.252. The van der Waals surface area contributed by atoms with Crippen LogP contribution in [0.3, 0.4) is 0 Å². The van der Waals surface area contributed by atoms with Gasteiger partial charge in [0, 0.05) is 0 Å². The molecule has 3 rings (SSSR count). The van der Waals surface area contributed by atoms with Crippen molar-refractivity contribution in [3.63, 3.8) is 0 Å². The molecule has 7 nitrogen and oxygen atoms in total. The van der Waals surface area contributed by atoms with Crippen molar-refractivity contribution in [2.24, 2.45) is 0 Å². The molecule has 0 radical (unpaired) electrons. The largest absolute Gasteiger partial charge is 0.370 e. The smallest absolute Gasteiger partial charge is 0.192 e. The van der Waals surface area contributed by atoms with Gasteiger partial charge in [-0.3, -0.25) is 5.32 Å². The number of aliphatic hydroxyl groups is 1. The predicted octanol–water partition coefficient (Wildman–Crippen LogP) is -0.0777. The topological polar surface area (TPSA) is 78.4 Å². The molecule has 0 aromatic heterocycles. The second-order valence-corrected chi connectivity index (χ2v) is 6.42. The number of hydrogen-bond donors (Lipinski definition) is 2. The number of likely N-dealkylation sites (N-methyl/N-ethyl adjacent to an activating group) is 1. The fraction of sp³-hybridized carbons (Fsp3) is 1.00. The van der Waals surface area contributed by atoms with Crippen LogP contribution in [0.2, 0.25) is 0 Å². The van der Waals surface area contributed by atoms with E-state index in [0.717, 1.165) is 0 Å². The van der Waals surface area contributed by atoms with Gasteiger partial charge in [-0.15, -0.1) is 0 Å². The summed E-state index contributed by atoms with van der Waals surface area (Å²) >= 11 is 0. The lowest BCUT2D eigenvalue weighted by atomic mass is 9.98. The minimum absolute atomic E-state index is 0.352. The molecule has 3 heterocycles. The minimum Gasteiger partial charge on any atom is -0.370 e. The quantitative estimate of drug-likeness (QED) is 0.689. The number of hydrogen-bond acceptors (Lipinski definition) is 7. The zero-order valence-corrected chi connectivity index (χ0v) is 12.5. The third-order valence-electron chi connectivity index (χ3n) is 3.97. The van der Waals surface area contributed by atoms with Crippen LogP contribution in [0.5, 0.6) is 0 Å². The highest BCUT2D eigenvalue weighted by molar-refractivity contribution is 5.06. The van der Waals surface area contributed by atoms with E-state index in [1.165, 1.54) is 0 Å². The number of nitrogens with one attached hydrogen (secondary N) is 1. The first-order valence-electron chi connectivity index (χ1n) is 6.91. The Morgan fingerprint density at radius 1 is 1.00 bits per heavy atom.